The molecule has 0 aromatic carbocycles. The molecule has 0 spiro atoms. The van der Waals surface area contributed by atoms with Gasteiger partial charge in [0.2, 0.25) is 0 Å². The van der Waals surface area contributed by atoms with Gasteiger partial charge in [-0.25, -0.2) is 14.5 Å². The number of aromatic nitrogens is 4. The molecule has 0 atom stereocenters. The van der Waals surface area contributed by atoms with Crippen molar-refractivity contribution in [3.8, 4) is 0 Å². The van der Waals surface area contributed by atoms with Crippen LogP contribution in [-0.4, -0.2) is 33.1 Å². The molecule has 0 fully saturated rings. The Kier molecular flexibility index (Phi) is 3.48. The zero-order valence-corrected chi connectivity index (χ0v) is 10.6. The molecule has 0 radical (unpaired) electrons. The summed E-state index contributed by atoms with van der Waals surface area (Å²) in [6.07, 6.45) is 1.36. The molecule has 7 heteroatoms. The maximum Gasteiger partial charge on any atom is 0.358 e. The number of methoxy groups -OCH3 is 1. The van der Waals surface area contributed by atoms with E-state index in [1.807, 2.05) is 18.2 Å². The first-order valence-corrected chi connectivity index (χ1v) is 5.58. The van der Waals surface area contributed by atoms with Crippen molar-refractivity contribution in [2.75, 3.05) is 7.11 Å². The molecule has 0 aliphatic carbocycles. The van der Waals surface area contributed by atoms with Crippen LogP contribution in [0.3, 0.4) is 0 Å². The van der Waals surface area contributed by atoms with E-state index >= 15 is 0 Å². The van der Waals surface area contributed by atoms with Crippen LogP contribution in [0, 0.1) is 0 Å². The molecule has 0 aliphatic heterocycles. The van der Waals surface area contributed by atoms with E-state index < -0.39 is 5.97 Å². The summed E-state index contributed by atoms with van der Waals surface area (Å²) in [5.41, 5.74) is 1.07. The van der Waals surface area contributed by atoms with Gasteiger partial charge in [0, 0.05) is 0 Å². The number of hydrogen-bond donors (Lipinski definition) is 0. The molecule has 0 saturated heterocycles. The molecule has 0 N–H and O–H groups in total. The molecule has 88 valence electrons. The van der Waals surface area contributed by atoms with Gasteiger partial charge >= 0.3 is 5.97 Å². The van der Waals surface area contributed by atoms with E-state index in [9.17, 15) is 4.79 Å². The van der Waals surface area contributed by atoms with Gasteiger partial charge in [-0.1, -0.05) is 11.3 Å². The number of esters is 1. The molecule has 17 heavy (non-hydrogen) atoms. The highest BCUT2D eigenvalue weighted by atomic mass is 79.9. The average molecular weight is 297 g/mol. The van der Waals surface area contributed by atoms with Crippen LogP contribution in [0.25, 0.3) is 0 Å². The van der Waals surface area contributed by atoms with Crippen molar-refractivity contribution >= 4 is 21.9 Å². The lowest BCUT2D eigenvalue weighted by atomic mass is 10.3. The summed E-state index contributed by atoms with van der Waals surface area (Å²) in [6, 6.07) is 5.53. The van der Waals surface area contributed by atoms with Gasteiger partial charge in [-0.2, -0.15) is 0 Å². The Balaban J connectivity index is 2.25. The molecular formula is C10H9BrN4O2. The lowest BCUT2D eigenvalue weighted by molar-refractivity contribution is 0.0587. The fourth-order valence-electron chi connectivity index (χ4n) is 1.33. The first-order chi connectivity index (χ1) is 8.20. The van der Waals surface area contributed by atoms with Crippen molar-refractivity contribution < 1.29 is 9.53 Å². The van der Waals surface area contributed by atoms with Gasteiger partial charge in [0.15, 0.2) is 5.69 Å². The highest BCUT2D eigenvalue weighted by Crippen LogP contribution is 2.08. The molecule has 6 nitrogen and oxygen atoms in total. The van der Waals surface area contributed by atoms with Crippen molar-refractivity contribution in [3.63, 3.8) is 0 Å². The minimum absolute atomic E-state index is 0.300. The first-order valence-electron chi connectivity index (χ1n) is 4.79. The van der Waals surface area contributed by atoms with Gasteiger partial charge < -0.3 is 4.74 Å². The van der Waals surface area contributed by atoms with Crippen LogP contribution in [0.1, 0.15) is 16.2 Å². The number of carbonyl (C=O) groups is 1. The minimum Gasteiger partial charge on any atom is -0.464 e. The molecule has 2 rings (SSSR count). The molecule has 0 aliphatic rings. The van der Waals surface area contributed by atoms with Gasteiger partial charge in [-0.15, -0.1) is 5.10 Å². The third-order valence-electron chi connectivity index (χ3n) is 2.10. The monoisotopic (exact) mass is 296 g/mol. The Bertz CT molecular complexity index is 541. The average Bonchev–Trinajstić information content (AvgIpc) is 2.76. The maximum atomic E-state index is 11.4. The lowest BCUT2D eigenvalue weighted by Gasteiger charge is -2.04. The minimum atomic E-state index is -0.468. The number of ether oxygens (including phenoxy) is 1. The largest absolute Gasteiger partial charge is 0.464 e. The highest BCUT2D eigenvalue weighted by molar-refractivity contribution is 9.10. The van der Waals surface area contributed by atoms with Crippen LogP contribution < -0.4 is 0 Å². The molecule has 2 aromatic rings. The number of rotatable bonds is 3. The zero-order chi connectivity index (χ0) is 12.3. The van der Waals surface area contributed by atoms with Crippen molar-refractivity contribution in [1.29, 1.82) is 0 Å². The number of pyridine rings is 1. The Labute approximate surface area is 106 Å². The van der Waals surface area contributed by atoms with Crippen molar-refractivity contribution in [2.24, 2.45) is 0 Å². The van der Waals surface area contributed by atoms with Gasteiger partial charge in [0.05, 0.1) is 25.5 Å². The summed E-state index contributed by atoms with van der Waals surface area (Å²) < 4.78 is 6.80. The van der Waals surface area contributed by atoms with E-state index in [0.717, 1.165) is 10.3 Å². The number of halogens is 1. The Hall–Kier alpha value is -1.76. The number of nitrogens with zero attached hydrogens (tertiary/aromatic N) is 4. The smallest absolute Gasteiger partial charge is 0.358 e. The number of hydrogen-bond acceptors (Lipinski definition) is 5. The standard InChI is InChI=1S/C10H9BrN4O2/c1-17-10(16)8-5-12-14-15(8)6-7-3-2-4-9(11)13-7/h2-5H,6H2,1H3. The van der Waals surface area contributed by atoms with Crippen molar-refractivity contribution in [3.05, 3.63) is 40.4 Å². The molecule has 0 unspecified atom stereocenters. The fraction of sp³-hybridized carbons (Fsp3) is 0.200. The Morgan fingerprint density at radius 2 is 2.35 bits per heavy atom. The summed E-state index contributed by atoms with van der Waals surface area (Å²) in [6.45, 7) is 0.365. The molecule has 2 heterocycles. The topological polar surface area (TPSA) is 69.9 Å². The summed E-state index contributed by atoms with van der Waals surface area (Å²) in [4.78, 5) is 15.7. The van der Waals surface area contributed by atoms with Gasteiger partial charge in [0.1, 0.15) is 4.60 Å². The Morgan fingerprint density at radius 1 is 1.53 bits per heavy atom. The van der Waals surface area contributed by atoms with Crippen LogP contribution in [0.5, 0.6) is 0 Å². The predicted octanol–water partition coefficient (Wildman–Crippen LogP) is 1.27. The number of carbonyl (C=O) groups excluding carboxylic acids is 1. The summed E-state index contributed by atoms with van der Waals surface area (Å²) in [5, 5.41) is 7.50. The maximum absolute atomic E-state index is 11.4. The van der Waals surface area contributed by atoms with Gasteiger partial charge in [-0.05, 0) is 28.1 Å². The SMILES string of the molecule is COC(=O)c1cnnn1Cc1cccc(Br)n1. The van der Waals surface area contributed by atoms with E-state index in [2.05, 4.69) is 36.0 Å². The van der Waals surface area contributed by atoms with Gasteiger partial charge in [0.25, 0.3) is 0 Å². The molecule has 0 bridgehead atoms. The highest BCUT2D eigenvalue weighted by Gasteiger charge is 2.13. The van der Waals surface area contributed by atoms with E-state index in [-0.39, 0.29) is 0 Å². The third-order valence-corrected chi connectivity index (χ3v) is 2.54. The van der Waals surface area contributed by atoms with Crippen molar-refractivity contribution in [1.82, 2.24) is 20.0 Å². The fourth-order valence-corrected chi connectivity index (χ4v) is 1.71. The van der Waals surface area contributed by atoms with Crippen LogP contribution in [0.15, 0.2) is 29.0 Å². The molecule has 2 aromatic heterocycles. The molecular weight excluding hydrogens is 288 g/mol. The van der Waals surface area contributed by atoms with E-state index in [1.165, 1.54) is 18.0 Å². The second-order valence-corrected chi connectivity index (χ2v) is 4.03. The van der Waals surface area contributed by atoms with Crippen molar-refractivity contribution in [2.45, 2.75) is 6.54 Å². The second-order valence-electron chi connectivity index (χ2n) is 3.22. The molecule has 0 saturated carbocycles. The summed E-state index contributed by atoms with van der Waals surface area (Å²) in [5.74, 6) is -0.468. The van der Waals surface area contributed by atoms with Crippen LogP contribution in [-0.2, 0) is 11.3 Å². The summed E-state index contributed by atoms with van der Waals surface area (Å²) in [7, 11) is 1.32. The van der Waals surface area contributed by atoms with Crippen LogP contribution >= 0.6 is 15.9 Å². The molecule has 0 amide bonds. The normalized spacial score (nSPS) is 10.2. The zero-order valence-electron chi connectivity index (χ0n) is 9.00. The second kappa shape index (κ2) is 5.05. The van der Waals surface area contributed by atoms with E-state index in [4.69, 9.17) is 0 Å². The first kappa shape index (κ1) is 11.7. The van der Waals surface area contributed by atoms with E-state index in [0.29, 0.717) is 12.2 Å². The van der Waals surface area contributed by atoms with Crippen LogP contribution in [0.4, 0.5) is 0 Å². The van der Waals surface area contributed by atoms with Gasteiger partial charge in [-0.3, -0.25) is 0 Å². The Morgan fingerprint density at radius 3 is 3.06 bits per heavy atom. The predicted molar refractivity (Wildman–Crippen MR) is 62.4 cm³/mol. The van der Waals surface area contributed by atoms with E-state index in [1.54, 1.807) is 0 Å². The quantitative estimate of drug-likeness (QED) is 0.630. The van der Waals surface area contributed by atoms with Crippen LogP contribution in [0.2, 0.25) is 0 Å². The lowest BCUT2D eigenvalue weighted by Crippen LogP contribution is -2.13. The summed E-state index contributed by atoms with van der Waals surface area (Å²) >= 11 is 3.28. The third kappa shape index (κ3) is 2.68.